The van der Waals surface area contributed by atoms with Crippen LogP contribution in [0.25, 0.3) is 11.0 Å². The average Bonchev–Trinajstić information content (AvgIpc) is 3.40. The van der Waals surface area contributed by atoms with E-state index in [1.165, 1.54) is 0 Å². The molecule has 0 aliphatic carbocycles. The minimum Gasteiger partial charge on any atom is -0.469 e. The van der Waals surface area contributed by atoms with Crippen LogP contribution in [0.5, 0.6) is 0 Å². The average molecular weight is 457 g/mol. The Labute approximate surface area is 198 Å². The van der Waals surface area contributed by atoms with E-state index in [2.05, 4.69) is 5.32 Å². The Morgan fingerprint density at radius 2 is 1.76 bits per heavy atom. The Bertz CT molecular complexity index is 1310. The van der Waals surface area contributed by atoms with Gasteiger partial charge in [-0.15, -0.1) is 0 Å². The molecule has 1 fully saturated rings. The molecule has 1 N–H and O–H groups in total. The van der Waals surface area contributed by atoms with E-state index in [4.69, 9.17) is 9.40 Å². The van der Waals surface area contributed by atoms with Gasteiger partial charge in [-0.3, -0.25) is 14.2 Å². The van der Waals surface area contributed by atoms with Gasteiger partial charge in [0.15, 0.2) is 5.82 Å². The molecule has 1 aliphatic rings. The van der Waals surface area contributed by atoms with Gasteiger partial charge in [0, 0.05) is 32.0 Å². The summed E-state index contributed by atoms with van der Waals surface area (Å²) in [6, 6.07) is 21.5. The molecule has 0 unspecified atom stereocenters. The number of piperidine rings is 1. The first-order valence-electron chi connectivity index (χ1n) is 11.8. The first kappa shape index (κ1) is 21.9. The molecule has 7 heteroatoms. The first-order chi connectivity index (χ1) is 16.7. The molecule has 1 aliphatic heterocycles. The monoisotopic (exact) mass is 456 g/mol. The number of nitrogens with one attached hydrogen (secondary N) is 1. The quantitative estimate of drug-likeness (QED) is 0.460. The van der Waals surface area contributed by atoms with E-state index in [1.54, 1.807) is 10.8 Å². The first-order valence-corrected chi connectivity index (χ1v) is 11.8. The van der Waals surface area contributed by atoms with Crippen molar-refractivity contribution in [2.45, 2.75) is 25.8 Å². The molecular formula is C27H28N4O3. The number of para-hydroxylation sites is 2. The second kappa shape index (κ2) is 9.95. The molecular weight excluding hydrogens is 428 g/mol. The maximum atomic E-state index is 13.5. The van der Waals surface area contributed by atoms with E-state index in [-0.39, 0.29) is 17.4 Å². The van der Waals surface area contributed by atoms with E-state index in [1.807, 2.05) is 71.6 Å². The molecule has 5 rings (SSSR count). The van der Waals surface area contributed by atoms with Crippen LogP contribution in [0, 0.1) is 5.92 Å². The van der Waals surface area contributed by atoms with Crippen molar-refractivity contribution in [3.63, 3.8) is 0 Å². The molecule has 4 aromatic rings. The van der Waals surface area contributed by atoms with Gasteiger partial charge in [0.1, 0.15) is 5.76 Å². The third-order valence-corrected chi connectivity index (χ3v) is 6.43. The zero-order chi connectivity index (χ0) is 23.3. The normalized spacial score (nSPS) is 14.4. The Balaban J connectivity index is 1.29. The minimum absolute atomic E-state index is 0.0557. The number of hydrogen-bond donors (Lipinski definition) is 1. The fourth-order valence-electron chi connectivity index (χ4n) is 4.57. The summed E-state index contributed by atoms with van der Waals surface area (Å²) in [5.41, 5.74) is 2.59. The molecule has 7 nitrogen and oxygen atoms in total. The van der Waals surface area contributed by atoms with Gasteiger partial charge < -0.3 is 14.6 Å². The SMILES string of the molecule is O=C(NCCc1ccco1)C1CCN(c2nc3ccccc3n(Cc3ccccc3)c2=O)CC1. The summed E-state index contributed by atoms with van der Waals surface area (Å²) in [6.07, 6.45) is 3.71. The zero-order valence-electron chi connectivity index (χ0n) is 19.0. The third-order valence-electron chi connectivity index (χ3n) is 6.43. The van der Waals surface area contributed by atoms with E-state index in [0.717, 1.165) is 22.4 Å². The molecule has 0 saturated carbocycles. The third kappa shape index (κ3) is 4.73. The fraction of sp³-hybridized carbons (Fsp3) is 0.296. The number of fused-ring (bicyclic) bond motifs is 1. The lowest BCUT2D eigenvalue weighted by Crippen LogP contribution is -2.43. The van der Waals surface area contributed by atoms with Crippen LogP contribution in [0.4, 0.5) is 5.82 Å². The van der Waals surface area contributed by atoms with E-state index >= 15 is 0 Å². The van der Waals surface area contributed by atoms with Crippen LogP contribution in [0.15, 0.2) is 82.2 Å². The molecule has 2 aromatic heterocycles. The number of furan rings is 1. The van der Waals surface area contributed by atoms with Crippen LogP contribution in [0.1, 0.15) is 24.2 Å². The Morgan fingerprint density at radius 1 is 1.00 bits per heavy atom. The van der Waals surface area contributed by atoms with Crippen LogP contribution in [-0.4, -0.2) is 35.1 Å². The van der Waals surface area contributed by atoms with Crippen LogP contribution in [0.3, 0.4) is 0 Å². The van der Waals surface area contributed by atoms with Crippen LogP contribution >= 0.6 is 0 Å². The molecule has 0 radical (unpaired) electrons. The topological polar surface area (TPSA) is 80.4 Å². The standard InChI is InChI=1S/C27H28N4O3/c32-26(28-15-12-22-9-6-18-34-22)21-13-16-30(17-14-21)25-27(33)31(19-20-7-2-1-3-8-20)24-11-5-4-10-23(24)29-25/h1-11,18,21H,12-17,19H2,(H,28,32). The van der Waals surface area contributed by atoms with Gasteiger partial charge in [-0.25, -0.2) is 4.98 Å². The Morgan fingerprint density at radius 3 is 2.53 bits per heavy atom. The van der Waals surface area contributed by atoms with Crippen molar-refractivity contribution in [1.29, 1.82) is 0 Å². The molecule has 0 atom stereocenters. The van der Waals surface area contributed by atoms with Gasteiger partial charge >= 0.3 is 0 Å². The second-order valence-corrected chi connectivity index (χ2v) is 8.68. The number of amides is 1. The smallest absolute Gasteiger partial charge is 0.294 e. The highest BCUT2D eigenvalue weighted by Crippen LogP contribution is 2.22. The highest BCUT2D eigenvalue weighted by atomic mass is 16.3. The summed E-state index contributed by atoms with van der Waals surface area (Å²) < 4.78 is 7.12. The molecule has 0 bridgehead atoms. The lowest BCUT2D eigenvalue weighted by atomic mass is 9.96. The molecule has 1 amide bonds. The lowest BCUT2D eigenvalue weighted by Gasteiger charge is -2.32. The molecule has 0 spiro atoms. The Hall–Kier alpha value is -3.87. The summed E-state index contributed by atoms with van der Waals surface area (Å²) in [5, 5.41) is 3.02. The van der Waals surface area contributed by atoms with Crippen molar-refractivity contribution in [2.24, 2.45) is 5.92 Å². The van der Waals surface area contributed by atoms with Gasteiger partial charge in [0.05, 0.1) is 23.8 Å². The predicted molar refractivity (Wildman–Crippen MR) is 132 cm³/mol. The number of aromatic nitrogens is 2. The number of benzene rings is 2. The maximum Gasteiger partial charge on any atom is 0.294 e. The van der Waals surface area contributed by atoms with Gasteiger partial charge in [-0.2, -0.15) is 0 Å². The number of rotatable bonds is 7. The lowest BCUT2D eigenvalue weighted by molar-refractivity contribution is -0.125. The zero-order valence-corrected chi connectivity index (χ0v) is 19.0. The van der Waals surface area contributed by atoms with Crippen molar-refractivity contribution in [2.75, 3.05) is 24.5 Å². The largest absolute Gasteiger partial charge is 0.469 e. The van der Waals surface area contributed by atoms with Crippen LogP contribution in [-0.2, 0) is 17.8 Å². The van der Waals surface area contributed by atoms with Gasteiger partial charge in [-0.1, -0.05) is 42.5 Å². The summed E-state index contributed by atoms with van der Waals surface area (Å²) >= 11 is 0. The van der Waals surface area contributed by atoms with Gasteiger partial charge in [-0.05, 0) is 42.7 Å². The highest BCUT2D eigenvalue weighted by molar-refractivity contribution is 5.79. The summed E-state index contributed by atoms with van der Waals surface area (Å²) in [5.74, 6) is 1.34. The highest BCUT2D eigenvalue weighted by Gasteiger charge is 2.27. The summed E-state index contributed by atoms with van der Waals surface area (Å²) in [7, 11) is 0. The second-order valence-electron chi connectivity index (χ2n) is 8.68. The molecule has 3 heterocycles. The number of carbonyl (C=O) groups excluding carboxylic acids is 1. The van der Waals surface area contributed by atoms with E-state index < -0.39 is 0 Å². The van der Waals surface area contributed by atoms with Crippen LogP contribution < -0.4 is 15.8 Å². The maximum absolute atomic E-state index is 13.5. The molecule has 1 saturated heterocycles. The number of hydrogen-bond acceptors (Lipinski definition) is 5. The van der Waals surface area contributed by atoms with E-state index in [0.29, 0.717) is 51.3 Å². The van der Waals surface area contributed by atoms with Crippen molar-refractivity contribution < 1.29 is 9.21 Å². The van der Waals surface area contributed by atoms with Crippen molar-refractivity contribution in [3.05, 3.63) is 94.7 Å². The van der Waals surface area contributed by atoms with E-state index in [9.17, 15) is 9.59 Å². The summed E-state index contributed by atoms with van der Waals surface area (Å²) in [4.78, 5) is 32.9. The van der Waals surface area contributed by atoms with Crippen molar-refractivity contribution in [3.8, 4) is 0 Å². The van der Waals surface area contributed by atoms with Gasteiger partial charge in [0.25, 0.3) is 5.56 Å². The predicted octanol–water partition coefficient (Wildman–Crippen LogP) is 3.61. The molecule has 2 aromatic carbocycles. The summed E-state index contributed by atoms with van der Waals surface area (Å²) in [6.45, 7) is 2.30. The molecule has 174 valence electrons. The van der Waals surface area contributed by atoms with Gasteiger partial charge in [0.2, 0.25) is 5.91 Å². The van der Waals surface area contributed by atoms with Crippen molar-refractivity contribution >= 4 is 22.8 Å². The number of nitrogens with zero attached hydrogens (tertiary/aromatic N) is 3. The van der Waals surface area contributed by atoms with Crippen molar-refractivity contribution in [1.82, 2.24) is 14.9 Å². The number of carbonyl (C=O) groups is 1. The fourth-order valence-corrected chi connectivity index (χ4v) is 4.57. The minimum atomic E-state index is -0.0936. The molecule has 34 heavy (non-hydrogen) atoms. The van der Waals surface area contributed by atoms with Crippen LogP contribution in [0.2, 0.25) is 0 Å². The number of anilines is 1. The Kier molecular flexibility index (Phi) is 6.42.